The molecular formula is C22H21F3N2O2. The van der Waals surface area contributed by atoms with E-state index >= 15 is 0 Å². The van der Waals surface area contributed by atoms with Gasteiger partial charge in [0.2, 0.25) is 0 Å². The fraction of sp³-hybridized carbons (Fsp3) is 0.318. The molecule has 2 N–H and O–H groups in total. The fourth-order valence-corrected chi connectivity index (χ4v) is 4.07. The summed E-state index contributed by atoms with van der Waals surface area (Å²) in [5.74, 6) is 0. The normalized spacial score (nSPS) is 17.7. The van der Waals surface area contributed by atoms with Crippen molar-refractivity contribution in [2.24, 2.45) is 0 Å². The number of pyridine rings is 1. The maximum absolute atomic E-state index is 13.4. The Bertz CT molecular complexity index is 1090. The van der Waals surface area contributed by atoms with Gasteiger partial charge in [0.15, 0.2) is 0 Å². The number of anilines is 1. The van der Waals surface area contributed by atoms with E-state index in [1.54, 1.807) is 18.2 Å². The largest absolute Gasteiger partial charge is 0.417 e. The zero-order valence-electron chi connectivity index (χ0n) is 15.7. The van der Waals surface area contributed by atoms with E-state index in [1.807, 2.05) is 6.07 Å². The maximum atomic E-state index is 13.4. The minimum atomic E-state index is -4.51. The van der Waals surface area contributed by atoms with Crippen LogP contribution in [0.4, 0.5) is 18.9 Å². The fourth-order valence-electron chi connectivity index (χ4n) is 4.07. The number of aliphatic hydroxyl groups is 1. The Morgan fingerprint density at radius 3 is 2.66 bits per heavy atom. The number of rotatable bonds is 3. The van der Waals surface area contributed by atoms with E-state index in [-0.39, 0.29) is 23.9 Å². The lowest BCUT2D eigenvalue weighted by Crippen LogP contribution is -2.41. The smallest absolute Gasteiger partial charge is 0.394 e. The zero-order chi connectivity index (χ0) is 20.6. The molecule has 3 aromatic rings. The molecule has 1 saturated heterocycles. The molecule has 0 amide bonds. The highest BCUT2D eigenvalue weighted by Crippen LogP contribution is 2.36. The minimum Gasteiger partial charge on any atom is -0.394 e. The summed E-state index contributed by atoms with van der Waals surface area (Å²) in [5.41, 5.74) is -0.307. The Balaban J connectivity index is 1.80. The molecule has 0 saturated carbocycles. The summed E-state index contributed by atoms with van der Waals surface area (Å²) in [6, 6.07) is 12.2. The number of benzene rings is 2. The number of nitrogens with one attached hydrogen (secondary N) is 1. The van der Waals surface area contributed by atoms with Crippen molar-refractivity contribution in [3.63, 3.8) is 0 Å². The van der Waals surface area contributed by atoms with Crippen molar-refractivity contribution in [3.8, 4) is 11.3 Å². The van der Waals surface area contributed by atoms with E-state index in [0.29, 0.717) is 10.8 Å². The summed E-state index contributed by atoms with van der Waals surface area (Å²) in [6.07, 6.45) is -1.56. The second-order valence-electron chi connectivity index (χ2n) is 7.35. The number of piperidine rings is 1. The highest BCUT2D eigenvalue weighted by molar-refractivity contribution is 5.88. The Hall–Kier alpha value is -2.80. The van der Waals surface area contributed by atoms with Gasteiger partial charge < -0.3 is 15.0 Å². The third kappa shape index (κ3) is 3.74. The van der Waals surface area contributed by atoms with Gasteiger partial charge in [-0.3, -0.25) is 4.79 Å². The summed E-state index contributed by atoms with van der Waals surface area (Å²) in [4.78, 5) is 17.4. The van der Waals surface area contributed by atoms with Gasteiger partial charge in [0.05, 0.1) is 18.2 Å². The first-order chi connectivity index (χ1) is 13.9. The molecule has 4 nitrogen and oxygen atoms in total. The second kappa shape index (κ2) is 7.55. The molecule has 1 atom stereocenters. The van der Waals surface area contributed by atoms with Crippen LogP contribution in [-0.2, 0) is 6.18 Å². The van der Waals surface area contributed by atoms with Crippen LogP contribution in [0, 0.1) is 0 Å². The van der Waals surface area contributed by atoms with E-state index in [4.69, 9.17) is 0 Å². The lowest BCUT2D eigenvalue weighted by Gasteiger charge is -2.36. The Labute approximate surface area is 165 Å². The number of nitrogens with zero attached hydrogens (tertiary/aromatic N) is 1. The molecule has 0 radical (unpaired) electrons. The number of hydrogen-bond donors (Lipinski definition) is 2. The molecule has 2 heterocycles. The van der Waals surface area contributed by atoms with Crippen LogP contribution in [0.25, 0.3) is 22.0 Å². The molecule has 1 fully saturated rings. The summed E-state index contributed by atoms with van der Waals surface area (Å²) >= 11 is 0. The van der Waals surface area contributed by atoms with Crippen LogP contribution in [0.2, 0.25) is 0 Å². The van der Waals surface area contributed by atoms with Gasteiger partial charge in [-0.15, -0.1) is 0 Å². The molecule has 0 spiro atoms. The number of fused-ring (bicyclic) bond motifs is 1. The summed E-state index contributed by atoms with van der Waals surface area (Å²) < 4.78 is 40.1. The summed E-state index contributed by atoms with van der Waals surface area (Å²) in [6.45, 7) is 0.841. The molecule has 0 bridgehead atoms. The predicted octanol–water partition coefficient (Wildman–Crippen LogP) is 4.57. The van der Waals surface area contributed by atoms with E-state index < -0.39 is 17.3 Å². The number of H-pyrrole nitrogens is 1. The number of alkyl halides is 3. The molecular weight excluding hydrogens is 381 g/mol. The van der Waals surface area contributed by atoms with E-state index in [9.17, 15) is 23.1 Å². The van der Waals surface area contributed by atoms with Gasteiger partial charge in [-0.2, -0.15) is 13.2 Å². The number of halogens is 3. The SMILES string of the molecule is O=c1[nH]c(-c2ccccc2C(F)(F)F)cc2ccc(N3CCCCC3CO)cc12. The molecule has 1 aromatic heterocycles. The monoisotopic (exact) mass is 402 g/mol. The second-order valence-corrected chi connectivity index (χ2v) is 7.35. The maximum Gasteiger partial charge on any atom is 0.417 e. The highest BCUT2D eigenvalue weighted by atomic mass is 19.4. The van der Waals surface area contributed by atoms with Gasteiger partial charge in [-0.1, -0.05) is 24.3 Å². The summed E-state index contributed by atoms with van der Waals surface area (Å²) in [5, 5.41) is 10.6. The molecule has 152 valence electrons. The molecule has 7 heteroatoms. The Morgan fingerprint density at radius 2 is 1.90 bits per heavy atom. The highest BCUT2D eigenvalue weighted by Gasteiger charge is 2.33. The molecule has 2 aromatic carbocycles. The molecule has 1 aliphatic rings. The average molecular weight is 402 g/mol. The van der Waals surface area contributed by atoms with Crippen LogP contribution >= 0.6 is 0 Å². The van der Waals surface area contributed by atoms with Crippen LogP contribution in [0.15, 0.2) is 53.3 Å². The van der Waals surface area contributed by atoms with Gasteiger partial charge in [-0.05, 0) is 48.9 Å². The first kappa shape index (κ1) is 19.5. The lowest BCUT2D eigenvalue weighted by molar-refractivity contribution is -0.137. The number of hydrogen-bond acceptors (Lipinski definition) is 3. The van der Waals surface area contributed by atoms with Gasteiger partial charge >= 0.3 is 6.18 Å². The van der Waals surface area contributed by atoms with Gasteiger partial charge in [0.1, 0.15) is 0 Å². The Kier molecular flexibility index (Phi) is 5.08. The van der Waals surface area contributed by atoms with E-state index in [2.05, 4.69) is 9.88 Å². The molecule has 0 aliphatic carbocycles. The van der Waals surface area contributed by atoms with Crippen molar-refractivity contribution in [1.82, 2.24) is 4.98 Å². The first-order valence-corrected chi connectivity index (χ1v) is 9.59. The minimum absolute atomic E-state index is 0.0122. The topological polar surface area (TPSA) is 56.3 Å². The van der Waals surface area contributed by atoms with Gasteiger partial charge in [-0.25, -0.2) is 0 Å². The van der Waals surface area contributed by atoms with Crippen molar-refractivity contribution in [3.05, 3.63) is 64.4 Å². The third-order valence-corrected chi connectivity index (χ3v) is 5.52. The Morgan fingerprint density at radius 1 is 1.10 bits per heavy atom. The van der Waals surface area contributed by atoms with Crippen LogP contribution < -0.4 is 10.5 Å². The summed E-state index contributed by atoms with van der Waals surface area (Å²) in [7, 11) is 0. The van der Waals surface area contributed by atoms with Crippen LogP contribution in [-0.4, -0.2) is 29.3 Å². The standard InChI is InChI=1S/C22H21F3N2O2/c23-22(24,25)19-7-2-1-6-17(19)20-11-14-8-9-15(12-18(14)21(29)26-20)27-10-4-3-5-16(27)13-28/h1-2,6-9,11-12,16,28H,3-5,10,13H2,(H,26,29). The third-order valence-electron chi connectivity index (χ3n) is 5.52. The first-order valence-electron chi connectivity index (χ1n) is 9.59. The van der Waals surface area contributed by atoms with Crippen molar-refractivity contribution in [2.75, 3.05) is 18.1 Å². The number of aromatic amines is 1. The van der Waals surface area contributed by atoms with Gasteiger partial charge in [0, 0.05) is 28.9 Å². The molecule has 29 heavy (non-hydrogen) atoms. The van der Waals surface area contributed by atoms with Crippen molar-refractivity contribution >= 4 is 16.5 Å². The van der Waals surface area contributed by atoms with Crippen molar-refractivity contribution in [2.45, 2.75) is 31.5 Å². The van der Waals surface area contributed by atoms with E-state index in [1.165, 1.54) is 18.2 Å². The van der Waals surface area contributed by atoms with Crippen molar-refractivity contribution in [1.29, 1.82) is 0 Å². The molecule has 4 rings (SSSR count). The average Bonchev–Trinajstić information content (AvgIpc) is 2.73. The molecule has 1 aliphatic heterocycles. The number of aliphatic hydroxyl groups excluding tert-OH is 1. The zero-order valence-corrected chi connectivity index (χ0v) is 15.7. The van der Waals surface area contributed by atoms with E-state index in [0.717, 1.165) is 37.6 Å². The molecule has 1 unspecified atom stereocenters. The lowest BCUT2D eigenvalue weighted by atomic mass is 9.99. The van der Waals surface area contributed by atoms with Crippen LogP contribution in [0.3, 0.4) is 0 Å². The van der Waals surface area contributed by atoms with Gasteiger partial charge in [0.25, 0.3) is 5.56 Å². The predicted molar refractivity (Wildman–Crippen MR) is 107 cm³/mol. The number of aromatic nitrogens is 1. The van der Waals surface area contributed by atoms with Crippen LogP contribution in [0.1, 0.15) is 24.8 Å². The van der Waals surface area contributed by atoms with Crippen molar-refractivity contribution < 1.29 is 18.3 Å². The quantitative estimate of drug-likeness (QED) is 0.675. The van der Waals surface area contributed by atoms with Crippen LogP contribution in [0.5, 0.6) is 0 Å².